The number of hydrogen-bond acceptors (Lipinski definition) is 3. The van der Waals surface area contributed by atoms with Gasteiger partial charge in [-0.25, -0.2) is 9.37 Å². The molecular formula is C18H16BrF4N3O. The molecule has 1 amide bonds. The van der Waals surface area contributed by atoms with E-state index in [9.17, 15) is 22.4 Å². The third-order valence-electron chi connectivity index (χ3n) is 4.40. The van der Waals surface area contributed by atoms with E-state index >= 15 is 0 Å². The summed E-state index contributed by atoms with van der Waals surface area (Å²) in [6.07, 6.45) is -2.36. The van der Waals surface area contributed by atoms with E-state index in [-0.39, 0.29) is 17.5 Å². The number of amides is 1. The van der Waals surface area contributed by atoms with Gasteiger partial charge in [0.15, 0.2) is 0 Å². The molecule has 0 aliphatic carbocycles. The summed E-state index contributed by atoms with van der Waals surface area (Å²) in [5.74, 6) is -0.389. The van der Waals surface area contributed by atoms with Crippen molar-refractivity contribution in [3.05, 3.63) is 57.9 Å². The van der Waals surface area contributed by atoms with Crippen LogP contribution in [0.2, 0.25) is 0 Å². The number of carbonyl (C=O) groups is 1. The van der Waals surface area contributed by atoms with Gasteiger partial charge in [0.05, 0.1) is 11.1 Å². The van der Waals surface area contributed by atoms with Gasteiger partial charge in [-0.15, -0.1) is 0 Å². The number of nitrogens with zero attached hydrogens (tertiary/aromatic N) is 2. The van der Waals surface area contributed by atoms with Crippen LogP contribution in [-0.2, 0) is 6.18 Å². The number of halogens is 5. The maximum Gasteiger partial charge on any atom is 0.417 e. The highest BCUT2D eigenvalue weighted by Gasteiger charge is 2.31. The highest BCUT2D eigenvalue weighted by molar-refractivity contribution is 9.10. The van der Waals surface area contributed by atoms with E-state index in [1.165, 1.54) is 24.3 Å². The van der Waals surface area contributed by atoms with Crippen molar-refractivity contribution in [3.63, 3.8) is 0 Å². The Bertz CT molecular complexity index is 818. The van der Waals surface area contributed by atoms with Gasteiger partial charge in [0.25, 0.3) is 5.91 Å². The molecule has 1 aromatic heterocycles. The first kappa shape index (κ1) is 19.6. The molecule has 0 saturated carbocycles. The third-order valence-corrected chi connectivity index (χ3v) is 5.09. The lowest BCUT2D eigenvalue weighted by Gasteiger charge is -2.33. The number of hydrogen-bond donors (Lipinski definition) is 1. The van der Waals surface area contributed by atoms with Gasteiger partial charge in [0.2, 0.25) is 0 Å². The van der Waals surface area contributed by atoms with Crippen LogP contribution in [0.5, 0.6) is 0 Å². The maximum atomic E-state index is 13.3. The zero-order chi connectivity index (χ0) is 19.6. The molecule has 1 aliphatic heterocycles. The molecule has 1 aromatic carbocycles. The number of pyridine rings is 1. The van der Waals surface area contributed by atoms with Gasteiger partial charge < -0.3 is 10.2 Å². The second kappa shape index (κ2) is 7.84. The Morgan fingerprint density at radius 1 is 1.19 bits per heavy atom. The van der Waals surface area contributed by atoms with Crippen LogP contribution < -0.4 is 10.2 Å². The predicted molar refractivity (Wildman–Crippen MR) is 96.0 cm³/mol. The van der Waals surface area contributed by atoms with Crippen LogP contribution in [0, 0.1) is 5.82 Å². The van der Waals surface area contributed by atoms with Crippen molar-refractivity contribution in [2.45, 2.75) is 25.1 Å². The summed E-state index contributed by atoms with van der Waals surface area (Å²) in [5, 5.41) is 2.87. The molecule has 0 atom stereocenters. The fourth-order valence-corrected chi connectivity index (χ4v) is 3.36. The van der Waals surface area contributed by atoms with Crippen LogP contribution in [0.15, 0.2) is 41.0 Å². The smallest absolute Gasteiger partial charge is 0.356 e. The zero-order valence-corrected chi connectivity index (χ0v) is 15.6. The average Bonchev–Trinajstić information content (AvgIpc) is 2.63. The Balaban J connectivity index is 1.57. The molecule has 4 nitrogen and oxygen atoms in total. The summed E-state index contributed by atoms with van der Waals surface area (Å²) in [5.41, 5.74) is -0.559. The monoisotopic (exact) mass is 445 g/mol. The van der Waals surface area contributed by atoms with Gasteiger partial charge in [-0.05, 0) is 59.1 Å². The number of nitrogens with one attached hydrogen (secondary N) is 1. The highest BCUT2D eigenvalue weighted by atomic mass is 79.9. The molecule has 1 saturated heterocycles. The fourth-order valence-electron chi connectivity index (χ4n) is 2.93. The molecule has 1 fully saturated rings. The van der Waals surface area contributed by atoms with E-state index in [1.54, 1.807) is 0 Å². The van der Waals surface area contributed by atoms with Gasteiger partial charge in [-0.1, -0.05) is 0 Å². The van der Waals surface area contributed by atoms with Crippen molar-refractivity contribution in [2.75, 3.05) is 18.0 Å². The van der Waals surface area contributed by atoms with Crippen molar-refractivity contribution in [2.24, 2.45) is 0 Å². The van der Waals surface area contributed by atoms with Crippen LogP contribution >= 0.6 is 15.9 Å². The zero-order valence-electron chi connectivity index (χ0n) is 14.1. The first-order valence-electron chi connectivity index (χ1n) is 8.28. The number of carbonyl (C=O) groups excluding carboxylic acids is 1. The number of rotatable bonds is 3. The van der Waals surface area contributed by atoms with E-state index in [2.05, 4.69) is 26.2 Å². The van der Waals surface area contributed by atoms with Gasteiger partial charge in [-0.3, -0.25) is 4.79 Å². The molecule has 0 unspecified atom stereocenters. The van der Waals surface area contributed by atoms with Gasteiger partial charge in [0, 0.05) is 29.8 Å². The topological polar surface area (TPSA) is 45.2 Å². The van der Waals surface area contributed by atoms with Crippen molar-refractivity contribution in [1.82, 2.24) is 10.3 Å². The number of alkyl halides is 3. The molecular weight excluding hydrogens is 430 g/mol. The molecule has 9 heteroatoms. The van der Waals surface area contributed by atoms with Crippen LogP contribution in [0.3, 0.4) is 0 Å². The number of piperidine rings is 1. The summed E-state index contributed by atoms with van der Waals surface area (Å²) >= 11 is 3.23. The van der Waals surface area contributed by atoms with E-state index in [0.29, 0.717) is 36.2 Å². The predicted octanol–water partition coefficient (Wildman–Crippen LogP) is 4.40. The van der Waals surface area contributed by atoms with Crippen molar-refractivity contribution >= 4 is 27.7 Å². The second-order valence-electron chi connectivity index (χ2n) is 6.26. The molecule has 1 N–H and O–H groups in total. The molecule has 27 heavy (non-hydrogen) atoms. The van der Waals surface area contributed by atoms with Gasteiger partial charge >= 0.3 is 6.18 Å². The molecule has 1 aliphatic rings. The van der Waals surface area contributed by atoms with Crippen molar-refractivity contribution < 1.29 is 22.4 Å². The molecule has 0 bridgehead atoms. The van der Waals surface area contributed by atoms with Crippen molar-refractivity contribution in [1.29, 1.82) is 0 Å². The minimum Gasteiger partial charge on any atom is -0.356 e. The SMILES string of the molecule is O=C(NC1CCN(c2ccc(C(F)(F)F)cn2)CC1)c1cc(F)ccc1Br. The third kappa shape index (κ3) is 4.77. The van der Waals surface area contributed by atoms with E-state index in [1.807, 2.05) is 4.90 Å². The van der Waals surface area contributed by atoms with E-state index in [4.69, 9.17) is 0 Å². The minimum absolute atomic E-state index is 0.0987. The quantitative estimate of drug-likeness (QED) is 0.712. The lowest BCUT2D eigenvalue weighted by Crippen LogP contribution is -2.45. The molecule has 0 spiro atoms. The largest absolute Gasteiger partial charge is 0.417 e. The Kier molecular flexibility index (Phi) is 5.69. The highest BCUT2D eigenvalue weighted by Crippen LogP contribution is 2.30. The summed E-state index contributed by atoms with van der Waals surface area (Å²) in [6.45, 7) is 1.10. The number of anilines is 1. The lowest BCUT2D eigenvalue weighted by atomic mass is 10.0. The lowest BCUT2D eigenvalue weighted by molar-refractivity contribution is -0.137. The Labute approximate surface area is 161 Å². The second-order valence-corrected chi connectivity index (χ2v) is 7.12. The number of aromatic nitrogens is 1. The molecule has 144 valence electrons. The Morgan fingerprint density at radius 3 is 2.48 bits per heavy atom. The number of benzene rings is 1. The molecule has 2 heterocycles. The van der Waals surface area contributed by atoms with Crippen LogP contribution in [-0.4, -0.2) is 30.0 Å². The van der Waals surface area contributed by atoms with Crippen LogP contribution in [0.4, 0.5) is 23.4 Å². The fraction of sp³-hybridized carbons (Fsp3) is 0.333. The molecule has 3 rings (SSSR count). The van der Waals surface area contributed by atoms with Crippen LogP contribution in [0.1, 0.15) is 28.8 Å². The van der Waals surface area contributed by atoms with E-state index in [0.717, 1.165) is 12.3 Å². The molecule has 0 radical (unpaired) electrons. The van der Waals surface area contributed by atoms with Gasteiger partial charge in [0.1, 0.15) is 11.6 Å². The Hall–Kier alpha value is -2.16. The summed E-state index contributed by atoms with van der Waals surface area (Å²) in [7, 11) is 0. The maximum absolute atomic E-state index is 13.3. The van der Waals surface area contributed by atoms with Crippen molar-refractivity contribution in [3.8, 4) is 0 Å². The standard InChI is InChI=1S/C18H16BrF4N3O/c19-15-3-2-12(20)9-14(15)17(27)25-13-5-7-26(8-6-13)16-4-1-11(10-24-16)18(21,22)23/h1-4,9-10,13H,5-8H2,(H,25,27). The average molecular weight is 446 g/mol. The summed E-state index contributed by atoms with van der Waals surface area (Å²) in [6, 6.07) is 6.17. The molecule has 2 aromatic rings. The Morgan fingerprint density at radius 2 is 1.89 bits per heavy atom. The van der Waals surface area contributed by atoms with Gasteiger partial charge in [-0.2, -0.15) is 13.2 Å². The van der Waals surface area contributed by atoms with Crippen LogP contribution in [0.25, 0.3) is 0 Å². The normalized spacial score (nSPS) is 15.7. The first-order valence-corrected chi connectivity index (χ1v) is 9.07. The summed E-state index contributed by atoms with van der Waals surface area (Å²) in [4.78, 5) is 18.1. The first-order chi connectivity index (χ1) is 12.7. The summed E-state index contributed by atoms with van der Waals surface area (Å²) < 4.78 is 51.7. The minimum atomic E-state index is -4.41. The van der Waals surface area contributed by atoms with E-state index < -0.39 is 17.6 Å².